The van der Waals surface area contributed by atoms with E-state index in [9.17, 15) is 4.79 Å². The zero-order valence-electron chi connectivity index (χ0n) is 17.3. The number of carbonyl (C=O) groups is 1. The molecule has 0 spiro atoms. The zero-order valence-corrected chi connectivity index (χ0v) is 20.4. The molecule has 1 saturated carbocycles. The zero-order chi connectivity index (χ0) is 19.0. The fourth-order valence-electron chi connectivity index (χ4n) is 2.78. The van der Waals surface area contributed by atoms with Crippen molar-refractivity contribution in [1.82, 2.24) is 15.5 Å². The Hall–Kier alpha value is -0.380. The summed E-state index contributed by atoms with van der Waals surface area (Å²) in [6.07, 6.45) is 6.39. The van der Waals surface area contributed by atoms with Crippen molar-refractivity contribution in [2.75, 3.05) is 26.9 Å². The number of guanidine groups is 1. The summed E-state index contributed by atoms with van der Waals surface area (Å²) in [7, 11) is 3.58. The van der Waals surface area contributed by atoms with E-state index in [2.05, 4.69) is 21.9 Å². The molecule has 0 heterocycles. The van der Waals surface area contributed by atoms with Gasteiger partial charge in [0.25, 0.3) is 0 Å². The van der Waals surface area contributed by atoms with Crippen molar-refractivity contribution in [3.63, 3.8) is 0 Å². The van der Waals surface area contributed by atoms with Gasteiger partial charge >= 0.3 is 6.09 Å². The summed E-state index contributed by atoms with van der Waals surface area (Å²) in [5, 5.41) is 7.62. The number of amides is 1. The summed E-state index contributed by atoms with van der Waals surface area (Å²) in [5.41, 5.74) is -0.467. The van der Waals surface area contributed by atoms with Crippen molar-refractivity contribution in [3.05, 3.63) is 0 Å². The van der Waals surface area contributed by atoms with Crippen LogP contribution in [-0.2, 0) is 4.74 Å². The molecule has 0 aliphatic heterocycles. The fourth-order valence-corrected chi connectivity index (χ4v) is 3.58. The van der Waals surface area contributed by atoms with Crippen molar-refractivity contribution in [1.29, 1.82) is 0 Å². The monoisotopic (exact) mass is 500 g/mol. The number of thioether (sulfide) groups is 1. The predicted octanol–water partition coefficient (Wildman–Crippen LogP) is 3.70. The first kappa shape index (κ1) is 25.6. The molecule has 8 heteroatoms. The molecule has 26 heavy (non-hydrogen) atoms. The van der Waals surface area contributed by atoms with Gasteiger partial charge in [0.1, 0.15) is 5.60 Å². The lowest BCUT2D eigenvalue weighted by Gasteiger charge is -2.29. The summed E-state index contributed by atoms with van der Waals surface area (Å²) < 4.78 is 5.41. The largest absolute Gasteiger partial charge is 0.444 e. The van der Waals surface area contributed by atoms with E-state index in [4.69, 9.17) is 4.74 Å². The molecule has 2 N–H and O–H groups in total. The van der Waals surface area contributed by atoms with Crippen LogP contribution < -0.4 is 10.6 Å². The van der Waals surface area contributed by atoms with E-state index < -0.39 is 5.60 Å². The number of rotatable bonds is 6. The van der Waals surface area contributed by atoms with Crippen molar-refractivity contribution >= 4 is 47.8 Å². The van der Waals surface area contributed by atoms with Crippen molar-refractivity contribution in [3.8, 4) is 0 Å². The lowest BCUT2D eigenvalue weighted by molar-refractivity contribution is 0.0230. The van der Waals surface area contributed by atoms with Crippen molar-refractivity contribution < 1.29 is 9.53 Å². The number of hydrogen-bond acceptors (Lipinski definition) is 4. The van der Waals surface area contributed by atoms with Crippen molar-refractivity contribution in [2.24, 2.45) is 4.99 Å². The maximum absolute atomic E-state index is 12.1. The number of ether oxygens (including phenoxy) is 1. The second kappa shape index (κ2) is 12.2. The highest BCUT2D eigenvalue weighted by Gasteiger charge is 2.25. The average molecular weight is 500 g/mol. The van der Waals surface area contributed by atoms with Gasteiger partial charge in [-0.25, -0.2) is 4.79 Å². The Kier molecular flexibility index (Phi) is 12.0. The molecule has 0 radical (unpaired) electrons. The SMILES string of the molecule is CN=C(NCCC(C)N(C)C(=O)OC(C)(C)C)NC1CCC(SC)C1.I. The van der Waals surface area contributed by atoms with Crippen LogP contribution in [0, 0.1) is 0 Å². The lowest BCUT2D eigenvalue weighted by Crippen LogP contribution is -2.45. The molecule has 0 saturated heterocycles. The summed E-state index contributed by atoms with van der Waals surface area (Å²) in [5.74, 6) is 0.846. The predicted molar refractivity (Wildman–Crippen MR) is 123 cm³/mol. The first-order valence-electron chi connectivity index (χ1n) is 9.12. The number of carbonyl (C=O) groups excluding carboxylic acids is 1. The van der Waals surface area contributed by atoms with Gasteiger partial charge in [-0.05, 0) is 59.6 Å². The number of nitrogens with zero attached hydrogens (tertiary/aromatic N) is 2. The number of nitrogens with one attached hydrogen (secondary N) is 2. The number of halogens is 1. The third-order valence-corrected chi connectivity index (χ3v) is 5.57. The quantitative estimate of drug-likeness (QED) is 0.331. The lowest BCUT2D eigenvalue weighted by atomic mass is 10.2. The summed E-state index contributed by atoms with van der Waals surface area (Å²) in [4.78, 5) is 18.1. The van der Waals surface area contributed by atoms with Gasteiger partial charge in [0.2, 0.25) is 0 Å². The standard InChI is InChI=1S/C18H36N4O2S.HI/c1-13(22(6)17(23)24-18(2,3)4)10-11-20-16(19-5)21-14-8-9-15(12-14)25-7;/h13-15H,8-12H2,1-7H3,(H2,19,20,21);1H. The Labute approximate surface area is 180 Å². The van der Waals surface area contributed by atoms with Gasteiger partial charge in [0.05, 0.1) is 0 Å². The van der Waals surface area contributed by atoms with Gasteiger partial charge < -0.3 is 20.3 Å². The molecule has 6 nitrogen and oxygen atoms in total. The normalized spacial score (nSPS) is 21.6. The topological polar surface area (TPSA) is 66.0 Å². The molecule has 1 amide bonds. The Morgan fingerprint density at radius 1 is 1.38 bits per heavy atom. The summed E-state index contributed by atoms with van der Waals surface area (Å²) in [6.45, 7) is 8.43. The second-order valence-electron chi connectivity index (χ2n) is 7.74. The van der Waals surface area contributed by atoms with Crippen LogP contribution in [0.4, 0.5) is 4.79 Å². The summed E-state index contributed by atoms with van der Waals surface area (Å²) >= 11 is 1.95. The Morgan fingerprint density at radius 3 is 2.54 bits per heavy atom. The molecule has 0 aromatic carbocycles. The fraction of sp³-hybridized carbons (Fsp3) is 0.889. The van der Waals surface area contributed by atoms with Crippen LogP contribution in [0.25, 0.3) is 0 Å². The van der Waals surface area contributed by atoms with Crippen LogP contribution in [-0.4, -0.2) is 66.8 Å². The molecular formula is C18H37IN4O2S. The van der Waals surface area contributed by atoms with Gasteiger partial charge in [-0.15, -0.1) is 24.0 Å². The number of hydrogen-bond donors (Lipinski definition) is 2. The molecule has 1 rings (SSSR count). The van der Waals surface area contributed by atoms with Crippen LogP contribution in [0.1, 0.15) is 53.4 Å². The van der Waals surface area contributed by atoms with Gasteiger partial charge in [0, 0.05) is 38.0 Å². The first-order chi connectivity index (χ1) is 11.7. The maximum Gasteiger partial charge on any atom is 0.410 e. The van der Waals surface area contributed by atoms with E-state index >= 15 is 0 Å². The smallest absolute Gasteiger partial charge is 0.410 e. The third kappa shape index (κ3) is 9.53. The molecule has 0 bridgehead atoms. The van der Waals surface area contributed by atoms with Gasteiger partial charge in [0.15, 0.2) is 5.96 Å². The van der Waals surface area contributed by atoms with Gasteiger partial charge in [-0.3, -0.25) is 4.99 Å². The minimum atomic E-state index is -0.467. The van der Waals surface area contributed by atoms with Crippen molar-refractivity contribution in [2.45, 2.75) is 76.3 Å². The molecule has 3 atom stereocenters. The second-order valence-corrected chi connectivity index (χ2v) is 8.88. The van der Waals surface area contributed by atoms with Gasteiger partial charge in [-0.2, -0.15) is 11.8 Å². The van der Waals surface area contributed by atoms with Crippen LogP contribution in [0.5, 0.6) is 0 Å². The van der Waals surface area contributed by atoms with Crippen LogP contribution in [0.2, 0.25) is 0 Å². The van der Waals surface area contributed by atoms with E-state index in [1.807, 2.05) is 39.5 Å². The molecule has 0 aromatic rings. The van der Waals surface area contributed by atoms with Crippen LogP contribution in [0.15, 0.2) is 4.99 Å². The van der Waals surface area contributed by atoms with E-state index in [-0.39, 0.29) is 36.1 Å². The molecule has 1 fully saturated rings. The average Bonchev–Trinajstić information content (AvgIpc) is 2.98. The maximum atomic E-state index is 12.1. The van der Waals surface area contributed by atoms with E-state index in [1.165, 1.54) is 19.3 Å². The molecule has 3 unspecified atom stereocenters. The highest BCUT2D eigenvalue weighted by molar-refractivity contribution is 14.0. The van der Waals surface area contributed by atoms with E-state index in [1.54, 1.807) is 19.0 Å². The molecule has 154 valence electrons. The Bertz CT molecular complexity index is 457. The third-order valence-electron chi connectivity index (χ3n) is 4.48. The minimum Gasteiger partial charge on any atom is -0.444 e. The van der Waals surface area contributed by atoms with Crippen LogP contribution in [0.3, 0.4) is 0 Å². The van der Waals surface area contributed by atoms with E-state index in [0.717, 1.165) is 24.2 Å². The number of aliphatic imine (C=N–C) groups is 1. The molecule has 1 aliphatic carbocycles. The molecule has 1 aliphatic rings. The van der Waals surface area contributed by atoms with Crippen LogP contribution >= 0.6 is 35.7 Å². The highest BCUT2D eigenvalue weighted by Crippen LogP contribution is 2.27. The highest BCUT2D eigenvalue weighted by atomic mass is 127. The summed E-state index contributed by atoms with van der Waals surface area (Å²) in [6, 6.07) is 0.596. The Morgan fingerprint density at radius 2 is 2.04 bits per heavy atom. The molecule has 0 aromatic heterocycles. The Balaban J connectivity index is 0.00000625. The van der Waals surface area contributed by atoms with E-state index in [0.29, 0.717) is 6.04 Å². The minimum absolute atomic E-state index is 0. The van der Waals surface area contributed by atoms with Gasteiger partial charge in [-0.1, -0.05) is 0 Å². The first-order valence-corrected chi connectivity index (χ1v) is 10.4. The molecular weight excluding hydrogens is 463 g/mol.